The van der Waals surface area contributed by atoms with Crippen LogP contribution < -0.4 is 5.32 Å². The van der Waals surface area contributed by atoms with Gasteiger partial charge in [0.2, 0.25) is 5.91 Å². The number of aromatic nitrogens is 1. The van der Waals surface area contributed by atoms with Gasteiger partial charge in [0, 0.05) is 6.54 Å². The number of esters is 1. The molecule has 1 heterocycles. The highest BCUT2D eigenvalue weighted by Crippen LogP contribution is 2.22. The second-order valence-electron chi connectivity index (χ2n) is 5.27. The Morgan fingerprint density at radius 1 is 1.16 bits per heavy atom. The molecular formula is C19H16N2O3S. The van der Waals surface area contributed by atoms with Crippen molar-refractivity contribution in [2.24, 2.45) is 0 Å². The SMILES string of the molecule is C=CC(=O)NCc1ccc(C(=O)OCc2nc3ccccc3s2)cc1. The second kappa shape index (κ2) is 7.72. The van der Waals surface area contributed by atoms with Crippen molar-refractivity contribution in [1.29, 1.82) is 0 Å². The Bertz CT molecular complexity index is 883. The molecule has 0 radical (unpaired) electrons. The van der Waals surface area contributed by atoms with E-state index in [1.807, 2.05) is 24.3 Å². The lowest BCUT2D eigenvalue weighted by molar-refractivity contribution is -0.116. The number of rotatable bonds is 6. The minimum atomic E-state index is -0.402. The molecule has 2 aromatic carbocycles. The van der Waals surface area contributed by atoms with E-state index in [0.717, 1.165) is 20.8 Å². The van der Waals surface area contributed by atoms with Crippen molar-refractivity contribution < 1.29 is 14.3 Å². The number of para-hydroxylation sites is 1. The largest absolute Gasteiger partial charge is 0.455 e. The topological polar surface area (TPSA) is 68.3 Å². The molecule has 0 saturated carbocycles. The van der Waals surface area contributed by atoms with E-state index in [2.05, 4.69) is 16.9 Å². The van der Waals surface area contributed by atoms with Crippen molar-refractivity contribution in [3.63, 3.8) is 0 Å². The Balaban J connectivity index is 1.57. The van der Waals surface area contributed by atoms with E-state index in [0.29, 0.717) is 12.1 Å². The average molecular weight is 352 g/mol. The molecule has 25 heavy (non-hydrogen) atoms. The molecule has 0 unspecified atom stereocenters. The third-order valence-electron chi connectivity index (χ3n) is 3.51. The van der Waals surface area contributed by atoms with Crippen LogP contribution in [0.4, 0.5) is 0 Å². The smallest absolute Gasteiger partial charge is 0.338 e. The summed E-state index contributed by atoms with van der Waals surface area (Å²) in [6, 6.07) is 14.7. The Labute approximate surface area is 149 Å². The van der Waals surface area contributed by atoms with E-state index in [1.54, 1.807) is 24.3 Å². The third-order valence-corrected chi connectivity index (χ3v) is 4.52. The van der Waals surface area contributed by atoms with Crippen LogP contribution in [0, 0.1) is 0 Å². The van der Waals surface area contributed by atoms with Crippen LogP contribution in [-0.4, -0.2) is 16.9 Å². The van der Waals surface area contributed by atoms with Crippen LogP contribution in [0.1, 0.15) is 20.9 Å². The lowest BCUT2D eigenvalue weighted by atomic mass is 10.1. The van der Waals surface area contributed by atoms with E-state index in [4.69, 9.17) is 4.74 Å². The first-order valence-corrected chi connectivity index (χ1v) is 8.48. The highest BCUT2D eigenvalue weighted by molar-refractivity contribution is 7.18. The number of carbonyl (C=O) groups is 2. The monoisotopic (exact) mass is 352 g/mol. The summed E-state index contributed by atoms with van der Waals surface area (Å²) in [5.74, 6) is -0.639. The molecule has 0 bridgehead atoms. The summed E-state index contributed by atoms with van der Waals surface area (Å²) in [6.45, 7) is 3.92. The normalized spacial score (nSPS) is 10.4. The molecule has 1 aromatic heterocycles. The first-order valence-electron chi connectivity index (χ1n) is 7.66. The molecule has 0 spiro atoms. The van der Waals surface area contributed by atoms with Crippen LogP contribution in [0.3, 0.4) is 0 Å². The summed E-state index contributed by atoms with van der Waals surface area (Å²) < 4.78 is 6.39. The molecule has 0 aliphatic rings. The van der Waals surface area contributed by atoms with Crippen LogP contribution >= 0.6 is 11.3 Å². The summed E-state index contributed by atoms with van der Waals surface area (Å²) in [6.07, 6.45) is 1.22. The molecule has 0 atom stereocenters. The van der Waals surface area contributed by atoms with E-state index < -0.39 is 5.97 Å². The fourth-order valence-electron chi connectivity index (χ4n) is 2.21. The molecule has 126 valence electrons. The minimum Gasteiger partial charge on any atom is -0.455 e. The standard InChI is InChI=1S/C19H16N2O3S/c1-2-17(22)20-11-13-7-9-14(10-8-13)19(23)24-12-18-21-15-5-3-4-6-16(15)25-18/h2-10H,1,11-12H2,(H,20,22). The lowest BCUT2D eigenvalue weighted by Gasteiger charge is -2.05. The van der Waals surface area contributed by atoms with Crippen molar-refractivity contribution in [3.8, 4) is 0 Å². The first kappa shape index (κ1) is 16.9. The van der Waals surface area contributed by atoms with Gasteiger partial charge in [-0.2, -0.15) is 0 Å². The summed E-state index contributed by atoms with van der Waals surface area (Å²) in [4.78, 5) is 27.7. The molecule has 0 saturated heterocycles. The predicted octanol–water partition coefficient (Wildman–Crippen LogP) is 3.46. The summed E-state index contributed by atoms with van der Waals surface area (Å²) in [5, 5.41) is 3.44. The van der Waals surface area contributed by atoms with Gasteiger partial charge >= 0.3 is 5.97 Å². The van der Waals surface area contributed by atoms with Crippen LogP contribution in [0.15, 0.2) is 61.2 Å². The zero-order valence-electron chi connectivity index (χ0n) is 13.4. The van der Waals surface area contributed by atoms with Crippen molar-refractivity contribution in [2.75, 3.05) is 0 Å². The van der Waals surface area contributed by atoms with E-state index in [1.165, 1.54) is 17.4 Å². The number of benzene rings is 2. The van der Waals surface area contributed by atoms with E-state index >= 15 is 0 Å². The van der Waals surface area contributed by atoms with Gasteiger partial charge in [0.05, 0.1) is 15.8 Å². The molecule has 1 amide bonds. The van der Waals surface area contributed by atoms with Gasteiger partial charge in [0.15, 0.2) is 0 Å². The number of fused-ring (bicyclic) bond motifs is 1. The van der Waals surface area contributed by atoms with Crippen molar-refractivity contribution in [2.45, 2.75) is 13.2 Å². The number of carbonyl (C=O) groups excluding carboxylic acids is 2. The van der Waals surface area contributed by atoms with Crippen molar-refractivity contribution >= 4 is 33.4 Å². The molecular weight excluding hydrogens is 336 g/mol. The predicted molar refractivity (Wildman–Crippen MR) is 97.2 cm³/mol. The van der Waals surface area contributed by atoms with Gasteiger partial charge in [-0.25, -0.2) is 9.78 Å². The maximum atomic E-state index is 12.1. The zero-order valence-corrected chi connectivity index (χ0v) is 14.2. The summed E-state index contributed by atoms with van der Waals surface area (Å²) in [5.41, 5.74) is 2.25. The number of hydrogen-bond acceptors (Lipinski definition) is 5. The molecule has 6 heteroatoms. The number of hydrogen-bond donors (Lipinski definition) is 1. The fourth-order valence-corrected chi connectivity index (χ4v) is 3.09. The summed E-state index contributed by atoms with van der Waals surface area (Å²) >= 11 is 1.51. The first-order chi connectivity index (χ1) is 12.2. The number of ether oxygens (including phenoxy) is 1. The second-order valence-corrected chi connectivity index (χ2v) is 6.39. The summed E-state index contributed by atoms with van der Waals surface area (Å²) in [7, 11) is 0. The molecule has 1 N–H and O–H groups in total. The highest BCUT2D eigenvalue weighted by Gasteiger charge is 2.10. The lowest BCUT2D eigenvalue weighted by Crippen LogP contribution is -2.19. The van der Waals surface area contributed by atoms with Crippen LogP contribution in [-0.2, 0) is 22.7 Å². The van der Waals surface area contributed by atoms with Gasteiger partial charge in [0.25, 0.3) is 0 Å². The maximum Gasteiger partial charge on any atom is 0.338 e. The van der Waals surface area contributed by atoms with Crippen molar-refractivity contribution in [1.82, 2.24) is 10.3 Å². The Morgan fingerprint density at radius 3 is 2.64 bits per heavy atom. The van der Waals surface area contributed by atoms with Gasteiger partial charge in [-0.15, -0.1) is 11.3 Å². The molecule has 3 aromatic rings. The van der Waals surface area contributed by atoms with Gasteiger partial charge in [-0.3, -0.25) is 4.79 Å². The number of amides is 1. The quantitative estimate of drug-likeness (QED) is 0.545. The average Bonchev–Trinajstić information content (AvgIpc) is 3.07. The Kier molecular flexibility index (Phi) is 5.20. The zero-order chi connectivity index (χ0) is 17.6. The number of nitrogens with zero attached hydrogens (tertiary/aromatic N) is 1. The highest BCUT2D eigenvalue weighted by atomic mass is 32.1. The number of thiazole rings is 1. The van der Waals surface area contributed by atoms with Gasteiger partial charge in [-0.1, -0.05) is 30.8 Å². The molecule has 5 nitrogen and oxygen atoms in total. The van der Waals surface area contributed by atoms with Crippen LogP contribution in [0.25, 0.3) is 10.2 Å². The van der Waals surface area contributed by atoms with E-state index in [9.17, 15) is 9.59 Å². The third kappa shape index (κ3) is 4.30. The van der Waals surface area contributed by atoms with Crippen LogP contribution in [0.2, 0.25) is 0 Å². The fraction of sp³-hybridized carbons (Fsp3) is 0.105. The minimum absolute atomic E-state index is 0.148. The Hall–Kier alpha value is -2.99. The van der Waals surface area contributed by atoms with Gasteiger partial charge in [0.1, 0.15) is 11.6 Å². The Morgan fingerprint density at radius 2 is 1.92 bits per heavy atom. The molecule has 3 rings (SSSR count). The molecule has 0 aliphatic heterocycles. The van der Waals surface area contributed by atoms with Crippen molar-refractivity contribution in [3.05, 3.63) is 77.3 Å². The molecule has 0 fully saturated rings. The number of nitrogens with one attached hydrogen (secondary N) is 1. The van der Waals surface area contributed by atoms with E-state index in [-0.39, 0.29) is 12.5 Å². The maximum absolute atomic E-state index is 12.1. The van der Waals surface area contributed by atoms with Gasteiger partial charge < -0.3 is 10.1 Å². The van der Waals surface area contributed by atoms with Gasteiger partial charge in [-0.05, 0) is 35.9 Å². The van der Waals surface area contributed by atoms with Crippen LogP contribution in [0.5, 0.6) is 0 Å². The molecule has 0 aliphatic carbocycles.